The Morgan fingerprint density at radius 1 is 1.20 bits per heavy atom. The van der Waals surface area contributed by atoms with Gasteiger partial charge in [0.15, 0.2) is 0 Å². The molecule has 7 nitrogen and oxygen atoms in total. The molecule has 0 saturated carbocycles. The largest absolute Gasteiger partial charge is 0.336 e. The lowest BCUT2D eigenvalue weighted by Crippen LogP contribution is -2.35. The van der Waals surface area contributed by atoms with Crippen LogP contribution in [0, 0.1) is 0 Å². The number of carbonyl (C=O) groups excluding carboxylic acids is 2. The molecule has 2 aromatic heterocycles. The van der Waals surface area contributed by atoms with Gasteiger partial charge in [0.1, 0.15) is 5.69 Å². The molecule has 2 atom stereocenters. The molecule has 4 rings (SSSR count). The third-order valence-electron chi connectivity index (χ3n) is 5.47. The highest BCUT2D eigenvalue weighted by Gasteiger charge is 2.27. The molecule has 1 aliphatic rings. The minimum Gasteiger partial charge on any atom is -0.336 e. The zero-order chi connectivity index (χ0) is 21.3. The van der Waals surface area contributed by atoms with Crippen molar-refractivity contribution in [3.05, 3.63) is 52.3 Å². The second-order valence-corrected chi connectivity index (χ2v) is 10.8. The van der Waals surface area contributed by atoms with E-state index in [1.165, 1.54) is 11.3 Å². The van der Waals surface area contributed by atoms with Crippen LogP contribution in [0.3, 0.4) is 0 Å². The third-order valence-corrected chi connectivity index (χ3v) is 8.43. The Morgan fingerprint density at radius 2 is 2.00 bits per heavy atom. The number of nitrogens with zero attached hydrogens (tertiary/aromatic N) is 4. The van der Waals surface area contributed by atoms with Gasteiger partial charge in [-0.3, -0.25) is 14.3 Å². The fourth-order valence-electron chi connectivity index (χ4n) is 3.70. The SMILES string of the molecule is CC(C(=O)N=S1(=O)CCCN(C(=O)c2c3ccccc3nn2C)CC1)c1ccsc1. The molecular weight excluding hydrogens is 420 g/mol. The zero-order valence-electron chi connectivity index (χ0n) is 17.0. The van der Waals surface area contributed by atoms with Crippen molar-refractivity contribution in [2.24, 2.45) is 11.4 Å². The van der Waals surface area contributed by atoms with Crippen LogP contribution >= 0.6 is 11.3 Å². The molecule has 3 heterocycles. The lowest BCUT2D eigenvalue weighted by atomic mass is 10.1. The van der Waals surface area contributed by atoms with Crippen LogP contribution in [0.1, 0.15) is 35.3 Å². The summed E-state index contributed by atoms with van der Waals surface area (Å²) < 4.78 is 19.1. The standard InChI is InChI=1S/C21H24N4O3S2/c1-15(16-8-11-29-14-16)20(26)23-30(28)12-5-9-25(10-13-30)21(27)19-17-6-3-4-7-18(17)22-24(19)2/h3-4,6-8,11,14-15H,5,9-10,12-13H2,1-2H3. The number of fused-ring (bicyclic) bond motifs is 1. The summed E-state index contributed by atoms with van der Waals surface area (Å²) in [5, 5.41) is 9.05. The van der Waals surface area contributed by atoms with Crippen molar-refractivity contribution >= 4 is 43.8 Å². The van der Waals surface area contributed by atoms with Gasteiger partial charge in [0.05, 0.1) is 21.2 Å². The van der Waals surface area contributed by atoms with Crippen LogP contribution in [0.15, 0.2) is 45.5 Å². The molecule has 0 N–H and O–H groups in total. The van der Waals surface area contributed by atoms with Crippen LogP contribution < -0.4 is 0 Å². The quantitative estimate of drug-likeness (QED) is 0.621. The minimum absolute atomic E-state index is 0.132. The monoisotopic (exact) mass is 444 g/mol. The van der Waals surface area contributed by atoms with Gasteiger partial charge in [-0.2, -0.15) is 20.8 Å². The van der Waals surface area contributed by atoms with E-state index in [1.54, 1.807) is 23.6 Å². The molecule has 3 aromatic rings. The average Bonchev–Trinajstić information content (AvgIpc) is 3.32. The van der Waals surface area contributed by atoms with Gasteiger partial charge in [-0.25, -0.2) is 4.21 Å². The van der Waals surface area contributed by atoms with Crippen molar-refractivity contribution in [3.63, 3.8) is 0 Å². The summed E-state index contributed by atoms with van der Waals surface area (Å²) >= 11 is 1.52. The number of rotatable bonds is 3. The Morgan fingerprint density at radius 3 is 2.77 bits per heavy atom. The molecule has 0 spiro atoms. The van der Waals surface area contributed by atoms with Gasteiger partial charge in [0, 0.05) is 37.0 Å². The highest BCUT2D eigenvalue weighted by atomic mass is 32.2. The molecule has 2 amide bonds. The molecule has 1 saturated heterocycles. The number of hydrogen-bond donors (Lipinski definition) is 0. The number of amides is 2. The summed E-state index contributed by atoms with van der Waals surface area (Å²) in [4.78, 5) is 27.5. The minimum atomic E-state index is -2.69. The number of carbonyl (C=O) groups is 2. The van der Waals surface area contributed by atoms with Crippen molar-refractivity contribution in [2.45, 2.75) is 19.3 Å². The molecule has 9 heteroatoms. The van der Waals surface area contributed by atoms with E-state index in [9.17, 15) is 13.8 Å². The maximum Gasteiger partial charge on any atom is 0.272 e. The van der Waals surface area contributed by atoms with Crippen molar-refractivity contribution in [3.8, 4) is 0 Å². The molecule has 158 valence electrons. The summed E-state index contributed by atoms with van der Waals surface area (Å²) in [6.07, 6.45) is 0.546. The van der Waals surface area contributed by atoms with Crippen LogP contribution in [-0.4, -0.2) is 55.3 Å². The Balaban J connectivity index is 1.53. The molecule has 0 bridgehead atoms. The second kappa shape index (κ2) is 8.31. The fraction of sp³-hybridized carbons (Fsp3) is 0.381. The summed E-state index contributed by atoms with van der Waals surface area (Å²) in [6.45, 7) is 2.58. The van der Waals surface area contributed by atoms with Gasteiger partial charge in [-0.15, -0.1) is 0 Å². The van der Waals surface area contributed by atoms with E-state index in [4.69, 9.17) is 0 Å². The molecule has 2 unspecified atom stereocenters. The predicted molar refractivity (Wildman–Crippen MR) is 119 cm³/mol. The highest BCUT2D eigenvalue weighted by molar-refractivity contribution is 7.93. The highest BCUT2D eigenvalue weighted by Crippen LogP contribution is 2.22. The van der Waals surface area contributed by atoms with Crippen molar-refractivity contribution in [1.82, 2.24) is 14.7 Å². The Kier molecular flexibility index (Phi) is 5.75. The van der Waals surface area contributed by atoms with E-state index >= 15 is 0 Å². The fourth-order valence-corrected chi connectivity index (χ4v) is 6.41. The topological polar surface area (TPSA) is 84.6 Å². The van der Waals surface area contributed by atoms with E-state index in [0.717, 1.165) is 16.5 Å². The molecule has 0 aliphatic carbocycles. The normalized spacial score (nSPS) is 20.7. The number of benzene rings is 1. The summed E-state index contributed by atoms with van der Waals surface area (Å²) in [5.74, 6) is -0.359. The third kappa shape index (κ3) is 4.04. The molecule has 1 aromatic carbocycles. The van der Waals surface area contributed by atoms with Gasteiger partial charge in [-0.1, -0.05) is 18.2 Å². The van der Waals surface area contributed by atoms with Crippen LogP contribution in [-0.2, 0) is 21.6 Å². The van der Waals surface area contributed by atoms with E-state index in [2.05, 4.69) is 9.46 Å². The number of hydrogen-bond acceptors (Lipinski definition) is 5. The Labute approximate surface area is 179 Å². The van der Waals surface area contributed by atoms with Crippen LogP contribution in [0.5, 0.6) is 0 Å². The Hall–Kier alpha value is -2.52. The maximum absolute atomic E-state index is 13.3. The van der Waals surface area contributed by atoms with E-state index in [1.807, 2.05) is 41.1 Å². The van der Waals surface area contributed by atoms with Gasteiger partial charge < -0.3 is 4.90 Å². The Bertz CT molecular complexity index is 1210. The maximum atomic E-state index is 13.3. The van der Waals surface area contributed by atoms with E-state index < -0.39 is 15.6 Å². The number of thiophene rings is 1. The summed E-state index contributed by atoms with van der Waals surface area (Å²) in [7, 11) is -0.929. The van der Waals surface area contributed by atoms with Gasteiger partial charge in [0.25, 0.3) is 11.8 Å². The number of aryl methyl sites for hydroxylation is 1. The van der Waals surface area contributed by atoms with Crippen LogP contribution in [0.4, 0.5) is 0 Å². The van der Waals surface area contributed by atoms with Gasteiger partial charge in [0.2, 0.25) is 0 Å². The second-order valence-electron chi connectivity index (χ2n) is 7.52. The smallest absolute Gasteiger partial charge is 0.272 e. The predicted octanol–water partition coefficient (Wildman–Crippen LogP) is 3.28. The van der Waals surface area contributed by atoms with Gasteiger partial charge >= 0.3 is 0 Å². The van der Waals surface area contributed by atoms with Crippen molar-refractivity contribution in [2.75, 3.05) is 24.6 Å². The lowest BCUT2D eigenvalue weighted by Gasteiger charge is -2.20. The first kappa shape index (κ1) is 20.7. The molecule has 1 aliphatic heterocycles. The van der Waals surface area contributed by atoms with Gasteiger partial charge in [-0.05, 0) is 41.8 Å². The first-order valence-electron chi connectivity index (χ1n) is 9.87. The first-order chi connectivity index (χ1) is 14.4. The summed E-state index contributed by atoms with van der Waals surface area (Å²) in [5.41, 5.74) is 2.19. The number of aromatic nitrogens is 2. The zero-order valence-corrected chi connectivity index (χ0v) is 18.6. The van der Waals surface area contributed by atoms with E-state index in [-0.39, 0.29) is 17.6 Å². The average molecular weight is 445 g/mol. The lowest BCUT2D eigenvalue weighted by molar-refractivity contribution is -0.118. The van der Waals surface area contributed by atoms with E-state index in [0.29, 0.717) is 31.0 Å². The molecule has 0 radical (unpaired) electrons. The van der Waals surface area contributed by atoms with Crippen molar-refractivity contribution in [1.29, 1.82) is 0 Å². The molecule has 1 fully saturated rings. The molecular formula is C21H24N4O3S2. The van der Waals surface area contributed by atoms with Crippen LogP contribution in [0.2, 0.25) is 0 Å². The molecule has 30 heavy (non-hydrogen) atoms. The van der Waals surface area contributed by atoms with Crippen molar-refractivity contribution < 1.29 is 13.8 Å². The summed E-state index contributed by atoms with van der Waals surface area (Å²) in [6, 6.07) is 9.42. The first-order valence-corrected chi connectivity index (χ1v) is 12.7. The van der Waals surface area contributed by atoms with Crippen LogP contribution in [0.25, 0.3) is 10.9 Å².